The van der Waals surface area contributed by atoms with Crippen LogP contribution in [0, 0.1) is 0 Å². The summed E-state index contributed by atoms with van der Waals surface area (Å²) < 4.78 is 10.6. The monoisotopic (exact) mass is 136 g/mol. The van der Waals surface area contributed by atoms with Crippen molar-refractivity contribution in [1.82, 2.24) is 0 Å². The topological polar surface area (TPSA) is 64.9 Å². The van der Waals surface area contributed by atoms with E-state index in [-0.39, 0.29) is 0 Å². The number of hydrogen-bond acceptors (Lipinski definition) is 1. The zero-order valence-corrected chi connectivity index (χ0v) is 5.77. The first-order chi connectivity index (χ1) is 3.48. The lowest BCUT2D eigenvalue weighted by atomic mass is 10.7. The van der Waals surface area contributed by atoms with Crippen molar-refractivity contribution < 1.29 is 15.2 Å². The largest absolute Gasteiger partial charge is 0.344 e. The summed E-state index contributed by atoms with van der Waals surface area (Å²) in [7, 11) is -2.99. The molecule has 0 aliphatic heterocycles. The molecule has 0 heterocycles. The van der Waals surface area contributed by atoms with Gasteiger partial charge in [-0.05, 0) is 6.08 Å². The predicted octanol–water partition coefficient (Wildman–Crippen LogP) is -0.359. The van der Waals surface area contributed by atoms with Crippen LogP contribution in [0.1, 0.15) is 0 Å². The molecule has 8 heavy (non-hydrogen) atoms. The first kappa shape index (κ1) is 7.89. The Morgan fingerprint density at radius 3 is 2.38 bits per heavy atom. The molecule has 0 saturated heterocycles. The van der Waals surface area contributed by atoms with Crippen LogP contribution in [-0.2, 0) is 4.57 Å². The van der Waals surface area contributed by atoms with Crippen LogP contribution in [0.3, 0.4) is 0 Å². The first-order valence-electron chi connectivity index (χ1n) is 2.24. The Bertz CT molecular complexity index is 128. The van der Waals surface area contributed by atoms with Crippen LogP contribution >= 0.6 is 7.37 Å². The van der Waals surface area contributed by atoms with Crippen LogP contribution < -0.4 is 5.73 Å². The average molecular weight is 136 g/mol. The molecule has 0 fully saturated rings. The lowest BCUT2D eigenvalue weighted by Crippen LogP contribution is -2.59. The highest BCUT2D eigenvalue weighted by Crippen LogP contribution is 2.37. The maximum Gasteiger partial charge on any atom is 0.257 e. The van der Waals surface area contributed by atoms with E-state index in [9.17, 15) is 4.57 Å². The second kappa shape index (κ2) is 2.44. The number of hydrogen-bond donors (Lipinski definition) is 2. The summed E-state index contributed by atoms with van der Waals surface area (Å²) in [6, 6.07) is 0. The van der Waals surface area contributed by atoms with E-state index in [0.717, 1.165) is 0 Å². The molecule has 0 aliphatic rings. The molecule has 4 N–H and O–H groups in total. The van der Waals surface area contributed by atoms with Crippen molar-refractivity contribution in [3.8, 4) is 0 Å². The Morgan fingerprint density at radius 1 is 2.00 bits per heavy atom. The Kier molecular flexibility index (Phi) is 2.41. The van der Waals surface area contributed by atoms with Crippen LogP contribution in [-0.4, -0.2) is 17.3 Å². The Hall–Kier alpha value is -0.110. The summed E-state index contributed by atoms with van der Waals surface area (Å²) >= 11 is 0. The lowest BCUT2D eigenvalue weighted by Gasteiger charge is -2.04. The minimum Gasteiger partial charge on any atom is -0.344 e. The standard InChI is InChI=1S/C4H10NO2P/c1-3-4(5)8(2,6)7/h3-4H,1,5H2,2H3,(H,6,7)/p+1. The molecule has 4 heteroatoms. The summed E-state index contributed by atoms with van der Waals surface area (Å²) in [4.78, 5) is 8.71. The summed E-state index contributed by atoms with van der Waals surface area (Å²) in [5, 5.41) is 0. The molecule has 0 bridgehead atoms. The third kappa shape index (κ3) is 2.26. The van der Waals surface area contributed by atoms with Crippen LogP contribution in [0.5, 0.6) is 0 Å². The molecular formula is C4H11NO2P+. The van der Waals surface area contributed by atoms with E-state index in [4.69, 9.17) is 4.89 Å². The molecule has 0 aromatic heterocycles. The molecule has 0 aromatic carbocycles. The highest BCUT2D eigenvalue weighted by Gasteiger charge is 2.20. The molecule has 0 aromatic rings. The van der Waals surface area contributed by atoms with E-state index in [2.05, 4.69) is 12.3 Å². The third-order valence-corrected chi connectivity index (χ3v) is 2.33. The van der Waals surface area contributed by atoms with Crippen molar-refractivity contribution in [2.45, 2.75) is 5.78 Å². The summed E-state index contributed by atoms with van der Waals surface area (Å²) in [6.07, 6.45) is 1.38. The molecule has 0 aliphatic carbocycles. The molecule has 0 saturated carbocycles. The zero-order valence-electron chi connectivity index (χ0n) is 4.87. The van der Waals surface area contributed by atoms with Gasteiger partial charge in [0.1, 0.15) is 0 Å². The molecule has 48 valence electrons. The molecule has 0 amide bonds. The van der Waals surface area contributed by atoms with Gasteiger partial charge in [0.05, 0.1) is 0 Å². The van der Waals surface area contributed by atoms with Crippen molar-refractivity contribution in [2.24, 2.45) is 0 Å². The molecule has 0 spiro atoms. The Morgan fingerprint density at radius 2 is 2.38 bits per heavy atom. The lowest BCUT2D eigenvalue weighted by molar-refractivity contribution is -0.375. The molecule has 2 atom stereocenters. The van der Waals surface area contributed by atoms with Crippen LogP contribution in [0.15, 0.2) is 12.7 Å². The number of quaternary nitrogens is 1. The summed E-state index contributed by atoms with van der Waals surface area (Å²) in [6.45, 7) is 4.60. The Balaban J connectivity index is 4.02. The van der Waals surface area contributed by atoms with Gasteiger partial charge in [-0.3, -0.25) is 4.57 Å². The second-order valence-corrected chi connectivity index (χ2v) is 4.30. The highest BCUT2D eigenvalue weighted by atomic mass is 31.2. The van der Waals surface area contributed by atoms with Gasteiger partial charge in [-0.25, -0.2) is 0 Å². The fourth-order valence-corrected chi connectivity index (χ4v) is 0.587. The molecule has 0 rings (SSSR count). The van der Waals surface area contributed by atoms with Gasteiger partial charge >= 0.3 is 0 Å². The SMILES string of the molecule is C=CC([NH3+])P(C)(=O)O. The van der Waals surface area contributed by atoms with Gasteiger partial charge < -0.3 is 10.6 Å². The second-order valence-electron chi connectivity index (χ2n) is 1.75. The van der Waals surface area contributed by atoms with E-state index >= 15 is 0 Å². The predicted molar refractivity (Wildman–Crippen MR) is 32.6 cm³/mol. The minimum atomic E-state index is -2.99. The zero-order chi connectivity index (χ0) is 6.78. The van der Waals surface area contributed by atoms with Crippen molar-refractivity contribution in [2.75, 3.05) is 6.66 Å². The summed E-state index contributed by atoms with van der Waals surface area (Å²) in [5.41, 5.74) is 3.40. The van der Waals surface area contributed by atoms with Gasteiger partial charge in [0, 0.05) is 6.66 Å². The molecular weight excluding hydrogens is 125 g/mol. The quantitative estimate of drug-likeness (QED) is 0.402. The van der Waals surface area contributed by atoms with Crippen molar-refractivity contribution in [3.05, 3.63) is 12.7 Å². The van der Waals surface area contributed by atoms with Gasteiger partial charge in [-0.15, -0.1) is 0 Å². The van der Waals surface area contributed by atoms with Gasteiger partial charge in [0.15, 0.2) is 5.78 Å². The van der Waals surface area contributed by atoms with Gasteiger partial charge in [-0.1, -0.05) is 6.58 Å². The van der Waals surface area contributed by atoms with Gasteiger partial charge in [0.2, 0.25) is 0 Å². The van der Waals surface area contributed by atoms with E-state index in [1.807, 2.05) is 0 Å². The highest BCUT2D eigenvalue weighted by molar-refractivity contribution is 7.57. The normalized spacial score (nSPS) is 21.4. The average Bonchev–Trinajstić information content (AvgIpc) is 1.62. The fourth-order valence-electron chi connectivity index (χ4n) is 0.196. The van der Waals surface area contributed by atoms with Crippen molar-refractivity contribution >= 4 is 7.37 Å². The van der Waals surface area contributed by atoms with E-state index in [0.29, 0.717) is 0 Å². The van der Waals surface area contributed by atoms with Crippen LogP contribution in [0.2, 0.25) is 0 Å². The van der Waals surface area contributed by atoms with E-state index in [1.54, 1.807) is 0 Å². The van der Waals surface area contributed by atoms with Gasteiger partial charge in [-0.2, -0.15) is 0 Å². The minimum absolute atomic E-state index is 0.525. The Labute approximate surface area is 48.7 Å². The first-order valence-corrected chi connectivity index (χ1v) is 4.41. The molecule has 0 radical (unpaired) electrons. The van der Waals surface area contributed by atoms with Crippen molar-refractivity contribution in [1.29, 1.82) is 0 Å². The molecule has 2 unspecified atom stereocenters. The van der Waals surface area contributed by atoms with E-state index in [1.165, 1.54) is 12.7 Å². The van der Waals surface area contributed by atoms with Crippen LogP contribution in [0.25, 0.3) is 0 Å². The third-order valence-electron chi connectivity index (χ3n) is 0.887. The summed E-state index contributed by atoms with van der Waals surface area (Å²) in [5.74, 6) is -0.525. The van der Waals surface area contributed by atoms with Crippen molar-refractivity contribution in [3.63, 3.8) is 0 Å². The maximum atomic E-state index is 10.6. The van der Waals surface area contributed by atoms with E-state index < -0.39 is 13.2 Å². The maximum absolute atomic E-state index is 10.6. The van der Waals surface area contributed by atoms with Crippen LogP contribution in [0.4, 0.5) is 0 Å². The number of rotatable bonds is 2. The van der Waals surface area contributed by atoms with Gasteiger partial charge in [0.25, 0.3) is 7.37 Å². The molecule has 3 nitrogen and oxygen atoms in total. The smallest absolute Gasteiger partial charge is 0.257 e. The fraction of sp³-hybridized carbons (Fsp3) is 0.500.